The van der Waals surface area contributed by atoms with Crippen molar-refractivity contribution in [3.8, 4) is 28.7 Å². The van der Waals surface area contributed by atoms with Crippen LogP contribution in [0.4, 0.5) is 26.3 Å². The summed E-state index contributed by atoms with van der Waals surface area (Å²) in [4.78, 5) is 93.2. The molecule has 0 heterocycles. The first-order valence-corrected chi connectivity index (χ1v) is 43.7. The van der Waals surface area contributed by atoms with E-state index in [9.17, 15) is 130 Å². The van der Waals surface area contributed by atoms with Crippen LogP contribution in [0.1, 0.15) is 133 Å². The maximum absolute atomic E-state index is 13.5. The molecule has 5 aromatic rings. The number of hydrogen-bond acceptors (Lipinski definition) is 29. The summed E-state index contributed by atoms with van der Waals surface area (Å²) in [5.74, 6) is -16.6. The molecule has 57 heteroatoms. The molecular weight excluding hydrogens is 1750 g/mol. The molecule has 0 atom stereocenters. The minimum Gasteiger partial charge on any atom is -0.748 e. The number of ether oxygens (including phenoxy) is 6. The number of ketones is 2. The second-order valence-corrected chi connectivity index (χ2v) is 33.2. The van der Waals surface area contributed by atoms with Crippen molar-refractivity contribution in [2.45, 2.75) is 162 Å². The number of hydrogen-bond donors (Lipinski definition) is 0. The maximum Gasteiger partial charge on any atom is 0.428 e. The Labute approximate surface area is 748 Å². The number of carbonyl (C=O) groups excluding carboxylic acids is 8. The zero-order chi connectivity index (χ0) is 96.8. The van der Waals surface area contributed by atoms with E-state index < -0.39 is 157 Å². The van der Waals surface area contributed by atoms with E-state index in [-0.39, 0.29) is 162 Å². The van der Waals surface area contributed by atoms with Gasteiger partial charge in [-0.2, -0.15) is 26.3 Å². The second kappa shape index (κ2) is 51.2. The molecule has 0 bridgehead atoms. The lowest BCUT2D eigenvalue weighted by atomic mass is 9.72. The number of benzene rings is 5. The van der Waals surface area contributed by atoms with Crippen LogP contribution in [0.5, 0.6) is 28.7 Å². The van der Waals surface area contributed by atoms with Gasteiger partial charge in [0.15, 0.2) is 37.0 Å². The third-order valence-electron chi connectivity index (χ3n) is 17.8. The summed E-state index contributed by atoms with van der Waals surface area (Å²) in [6.07, 6.45) is -1.25. The van der Waals surface area contributed by atoms with Crippen molar-refractivity contribution < 1.29 is 158 Å². The molecular formula is C69H62B17F6O29S5-5. The van der Waals surface area contributed by atoms with Crippen molar-refractivity contribution in [1.82, 2.24) is 0 Å². The Hall–Kier alpha value is -7.51. The zero-order valence-corrected chi connectivity index (χ0v) is 70.7. The van der Waals surface area contributed by atoms with Gasteiger partial charge in [0, 0.05) is 12.3 Å². The van der Waals surface area contributed by atoms with Crippen LogP contribution < -0.4 is 23.7 Å². The molecule has 29 nitrogen and oxygen atoms in total. The summed E-state index contributed by atoms with van der Waals surface area (Å²) in [5.41, 5.74) is 9.03. The quantitative estimate of drug-likeness (QED) is 0.0136. The monoisotopic (exact) mass is 1820 g/mol. The van der Waals surface area contributed by atoms with Gasteiger partial charge in [0.2, 0.25) is 11.6 Å². The number of halogens is 6. The lowest BCUT2D eigenvalue weighted by molar-refractivity contribution is -0.166. The third-order valence-corrected chi connectivity index (χ3v) is 21.5. The van der Waals surface area contributed by atoms with Gasteiger partial charge in [0.25, 0.3) is 0 Å². The molecule has 1 saturated carbocycles. The van der Waals surface area contributed by atoms with Crippen molar-refractivity contribution in [3.05, 3.63) is 143 Å². The molecule has 126 heavy (non-hydrogen) atoms. The molecule has 1 aliphatic carbocycles. The molecule has 0 unspecified atom stereocenters. The Morgan fingerprint density at radius 2 is 0.635 bits per heavy atom. The summed E-state index contributed by atoms with van der Waals surface area (Å²) >= 11 is 0. The van der Waals surface area contributed by atoms with E-state index in [4.69, 9.17) is 157 Å². The summed E-state index contributed by atoms with van der Waals surface area (Å²) in [5, 5.41) is -15.4. The topological polar surface area (TPSA) is 478 Å². The highest BCUT2D eigenvalue weighted by atomic mass is 32.2. The van der Waals surface area contributed by atoms with E-state index in [0.29, 0.717) is 83.5 Å². The molecule has 5 aromatic carbocycles. The highest BCUT2D eigenvalue weighted by Crippen LogP contribution is 2.40. The standard InChI is InChI=1S/C18H19B3F2O6S.C14H13B3F2O6S.C13H13B5O5S.C13H11B3F2O7S.C11H11B3O5S/c19-7-10-5-13(8-20)15(14(6-10)9-21)29-17(25)12-3-1-11(2-4-12)16(24)18(22,23)30(26,27)28;15-5-8-3-9(6-16)13(10(4-8)7-17)25-12(21)2-1-11(20)14(18,19)26(22,23)24;14-1-7-8(2-15)10(4-17)13(11(5-18)9(7)3-16)23-12(19)6-24(20,21)22;14-3-7-1-8(4-15)11(9(2-7)5-16)25-10(19)6-24-12(20)13(17,18)26(21,22)23;12-3-7-1-2-10(9(5-14)8(7)4-13)19-11(15)6-20(16,17)18/h5-6,11-12H,1-4,7-9H2,(H,26,27,28);3-4H,1-2,5-7H2,(H,22,23,24);1-6H2,(H,20,21,22);1-2H,3-6H2,(H,21,22,23);1-2H,3-6H2,(H,16,17,18)/p-5. The van der Waals surface area contributed by atoms with Crippen molar-refractivity contribution in [2.75, 3.05) is 18.1 Å². The maximum atomic E-state index is 13.5. The van der Waals surface area contributed by atoms with Gasteiger partial charge in [-0.15, -0.1) is 0 Å². The van der Waals surface area contributed by atoms with E-state index >= 15 is 0 Å². The Kier molecular flexibility index (Phi) is 46.5. The Morgan fingerprint density at radius 3 is 0.952 bits per heavy atom. The van der Waals surface area contributed by atoms with Crippen LogP contribution >= 0.6 is 0 Å². The van der Waals surface area contributed by atoms with Crippen LogP contribution in [0.2, 0.25) is 0 Å². The van der Waals surface area contributed by atoms with E-state index in [0.717, 1.165) is 11.1 Å². The lowest BCUT2D eigenvalue weighted by Crippen LogP contribution is -2.43. The number of carbonyl (C=O) groups is 8. The summed E-state index contributed by atoms with van der Waals surface area (Å²) in [6, 6.07) is 12.7. The Morgan fingerprint density at radius 1 is 0.325 bits per heavy atom. The molecule has 34 radical (unpaired) electrons. The Balaban J connectivity index is 0.000000536. The predicted molar refractivity (Wildman–Crippen MR) is 450 cm³/mol. The van der Waals surface area contributed by atoms with Gasteiger partial charge < -0.3 is 51.2 Å². The normalized spacial score (nSPS) is 13.6. The van der Waals surface area contributed by atoms with Gasteiger partial charge in [0.1, 0.15) is 60.5 Å². The van der Waals surface area contributed by atoms with E-state index in [1.165, 1.54) is 18.2 Å². The van der Waals surface area contributed by atoms with E-state index in [2.05, 4.69) is 4.74 Å². The fourth-order valence-corrected chi connectivity index (χ4v) is 13.5. The van der Waals surface area contributed by atoms with Crippen LogP contribution in [0, 0.1) is 11.8 Å². The SMILES string of the molecule is [B]Cc1c(C[B])c(C[B])c(OC(=O)CS(=O)(=O)[O-])c(C[B])c1C[B].[B]Cc1cc(C[B])c(OC(=O)C2CCC(C(=O)C(F)(F)S(=O)(=O)[O-])CC2)c(C[B])c1.[B]Cc1cc(C[B])c(OC(=O)CCC(=O)C(F)(F)S(=O)(=O)[O-])c(C[B])c1.[B]Cc1cc(C[B])c(OC(=O)COC(=O)C(F)(F)S(=O)(=O)[O-])c(C[B])c1.[B]Cc1ccc(OC(=O)CS(=O)(=O)[O-])c(C[B])c1C[B]. The molecule has 6 rings (SSSR count). The van der Waals surface area contributed by atoms with Crippen molar-refractivity contribution in [2.24, 2.45) is 11.8 Å². The molecule has 0 saturated heterocycles. The number of esters is 6. The van der Waals surface area contributed by atoms with Crippen LogP contribution in [-0.4, -0.2) is 279 Å². The smallest absolute Gasteiger partial charge is 0.428 e. The average molecular weight is 1810 g/mol. The molecule has 1 aliphatic rings. The molecule has 0 spiro atoms. The molecule has 0 N–H and O–H groups in total. The first kappa shape index (κ1) is 115. The third kappa shape index (κ3) is 32.5. The zero-order valence-electron chi connectivity index (χ0n) is 66.6. The minimum absolute atomic E-state index is 0.00764. The van der Waals surface area contributed by atoms with Gasteiger partial charge in [-0.3, -0.25) is 28.8 Å². The van der Waals surface area contributed by atoms with Gasteiger partial charge in [-0.05, 0) is 98.5 Å². The van der Waals surface area contributed by atoms with Crippen molar-refractivity contribution in [1.29, 1.82) is 0 Å². The fraction of sp³-hybridized carbons (Fsp3) is 0.449. The fourth-order valence-electron chi connectivity index (χ4n) is 11.8. The van der Waals surface area contributed by atoms with Crippen LogP contribution in [0.25, 0.3) is 0 Å². The largest absolute Gasteiger partial charge is 0.748 e. The second-order valence-electron chi connectivity index (χ2n) is 26.1. The summed E-state index contributed by atoms with van der Waals surface area (Å²) < 4.78 is 266. The number of alkyl halides is 6. The van der Waals surface area contributed by atoms with Crippen LogP contribution in [-0.2, 0) is 201 Å². The van der Waals surface area contributed by atoms with E-state index in [1.54, 1.807) is 30.3 Å². The van der Waals surface area contributed by atoms with Gasteiger partial charge in [0.05, 0.1) is 146 Å². The lowest BCUT2D eigenvalue weighted by Gasteiger charge is -2.29. The van der Waals surface area contributed by atoms with Crippen molar-refractivity contribution in [3.63, 3.8) is 0 Å². The molecule has 0 aliphatic heterocycles. The molecule has 0 aromatic heterocycles. The predicted octanol–water partition coefficient (Wildman–Crippen LogP) is -1.90. The summed E-state index contributed by atoms with van der Waals surface area (Å²) in [6.45, 7) is -1.36. The number of rotatable bonds is 39. The summed E-state index contributed by atoms with van der Waals surface area (Å²) in [7, 11) is 67.8. The average Bonchev–Trinajstić information content (AvgIpc) is 0.770. The van der Waals surface area contributed by atoms with Gasteiger partial charge >= 0.3 is 51.6 Å². The van der Waals surface area contributed by atoms with E-state index in [1.807, 2.05) is 0 Å². The highest BCUT2D eigenvalue weighted by Gasteiger charge is 2.51. The Bertz CT molecular complexity index is 5090. The first-order chi connectivity index (χ1) is 58.5. The van der Waals surface area contributed by atoms with Gasteiger partial charge in [-0.1, -0.05) is 178 Å². The minimum atomic E-state index is -6.29. The van der Waals surface area contributed by atoms with Crippen molar-refractivity contribution >= 4 is 231 Å². The first-order valence-electron chi connectivity index (χ1n) is 36.3. The molecule has 640 valence electrons. The van der Waals surface area contributed by atoms with Gasteiger partial charge in [-0.25, -0.2) is 51.7 Å². The molecule has 1 fully saturated rings. The number of Topliss-reactive ketones (excluding diaryl/α,β-unsaturated/α-hetero) is 2. The molecule has 0 amide bonds. The highest BCUT2D eigenvalue weighted by molar-refractivity contribution is 7.88. The van der Waals surface area contributed by atoms with Crippen LogP contribution in [0.15, 0.2) is 48.5 Å². The van der Waals surface area contributed by atoms with Crippen LogP contribution in [0.3, 0.4) is 0 Å².